The Morgan fingerprint density at radius 2 is 1.90 bits per heavy atom. The molecule has 1 saturated heterocycles. The molecule has 4 aromatic rings. The molecule has 0 radical (unpaired) electrons. The van der Waals surface area contributed by atoms with Crippen LogP contribution < -0.4 is 5.32 Å². The first-order chi connectivity index (χ1) is 18.8. The van der Waals surface area contributed by atoms with Crippen LogP contribution in [0.4, 0.5) is 27.6 Å². The number of anilines is 1. The fourth-order valence-electron chi connectivity index (χ4n) is 4.09. The molecule has 1 atom stereocenters. The van der Waals surface area contributed by atoms with Crippen LogP contribution in [0.1, 0.15) is 34.5 Å². The van der Waals surface area contributed by atoms with Gasteiger partial charge in [-0.1, -0.05) is 23.7 Å². The highest BCUT2D eigenvalue weighted by atomic mass is 35.5. The fraction of sp³-hybridized carbons (Fsp3) is 0.261. The summed E-state index contributed by atoms with van der Waals surface area (Å²) in [5, 5.41) is 15.9. The Hall–Kier alpha value is -3.18. The average molecular weight is 622 g/mol. The Bertz CT molecular complexity index is 1710. The number of hydrogen-bond acceptors (Lipinski definition) is 7. The van der Waals surface area contributed by atoms with Crippen molar-refractivity contribution in [1.82, 2.24) is 18.9 Å². The van der Waals surface area contributed by atoms with Crippen molar-refractivity contribution >= 4 is 50.2 Å². The van der Waals surface area contributed by atoms with Gasteiger partial charge in [-0.3, -0.25) is 4.79 Å². The predicted molar refractivity (Wildman–Crippen MR) is 135 cm³/mol. The van der Waals surface area contributed by atoms with E-state index >= 15 is 0 Å². The van der Waals surface area contributed by atoms with Gasteiger partial charge in [0.25, 0.3) is 22.4 Å². The molecule has 0 saturated carbocycles. The number of carbonyl (C=O) groups is 1. The zero-order valence-corrected chi connectivity index (χ0v) is 22.3. The van der Waals surface area contributed by atoms with Crippen LogP contribution in [-0.4, -0.2) is 57.5 Å². The van der Waals surface area contributed by atoms with E-state index < -0.39 is 45.9 Å². The zero-order valence-electron chi connectivity index (χ0n) is 19.9. The van der Waals surface area contributed by atoms with E-state index in [1.54, 1.807) is 0 Å². The number of rotatable bonds is 6. The molecule has 1 aromatic carbocycles. The van der Waals surface area contributed by atoms with E-state index in [0.29, 0.717) is 11.3 Å². The molecule has 17 heteroatoms. The lowest BCUT2D eigenvalue weighted by atomic mass is 10.1. The highest BCUT2D eigenvalue weighted by molar-refractivity contribution is 7.91. The molecule has 0 spiro atoms. The third-order valence-electron chi connectivity index (χ3n) is 6.11. The van der Waals surface area contributed by atoms with Crippen molar-refractivity contribution in [3.05, 3.63) is 63.8 Å². The molecule has 0 aliphatic carbocycles. The maximum absolute atomic E-state index is 13.9. The maximum atomic E-state index is 13.9. The third-order valence-corrected chi connectivity index (χ3v) is 9.78. The number of aliphatic hydroxyl groups excluding tert-OH is 1. The molecule has 1 aliphatic rings. The standard InChI is InChI=1S/C23H17ClF5N5O4S2/c24-19-16(8-18(39-19)40(37,38)33-6-5-13(35)10-33)32-22(36)14-9-30-34-17(20(25)26)7-15(31-21(14)34)11-1-3-12(4-2-11)23(27,28)29/h1-4,7-9,13,20,35H,5-6,10H2,(H,32,36). The second kappa shape index (κ2) is 10.3. The Balaban J connectivity index is 1.48. The summed E-state index contributed by atoms with van der Waals surface area (Å²) in [6.07, 6.45) is -7.21. The van der Waals surface area contributed by atoms with Gasteiger partial charge < -0.3 is 10.4 Å². The van der Waals surface area contributed by atoms with Crippen molar-refractivity contribution in [1.29, 1.82) is 0 Å². The van der Waals surface area contributed by atoms with E-state index in [4.69, 9.17) is 11.6 Å². The molecule has 2 N–H and O–H groups in total. The largest absolute Gasteiger partial charge is 0.416 e. The number of carbonyl (C=O) groups excluding carboxylic acids is 1. The van der Waals surface area contributed by atoms with Gasteiger partial charge >= 0.3 is 6.18 Å². The van der Waals surface area contributed by atoms with Gasteiger partial charge in [-0.15, -0.1) is 11.3 Å². The molecule has 5 rings (SSSR count). The summed E-state index contributed by atoms with van der Waals surface area (Å²) in [6.45, 7) is 0.0316. The molecular formula is C23H17ClF5N5O4S2. The molecule has 4 heterocycles. The van der Waals surface area contributed by atoms with E-state index in [1.807, 2.05) is 0 Å². The number of sulfonamides is 1. The summed E-state index contributed by atoms with van der Waals surface area (Å²) >= 11 is 6.87. The van der Waals surface area contributed by atoms with E-state index in [0.717, 1.165) is 51.4 Å². The van der Waals surface area contributed by atoms with Crippen LogP contribution >= 0.6 is 22.9 Å². The van der Waals surface area contributed by atoms with Crippen molar-refractivity contribution in [3.8, 4) is 11.3 Å². The monoisotopic (exact) mass is 621 g/mol. The van der Waals surface area contributed by atoms with Gasteiger partial charge in [0.1, 0.15) is 19.8 Å². The van der Waals surface area contributed by atoms with Crippen molar-refractivity contribution in [2.24, 2.45) is 0 Å². The predicted octanol–water partition coefficient (Wildman–Crippen LogP) is 5.08. The molecule has 1 fully saturated rings. The Morgan fingerprint density at radius 3 is 2.50 bits per heavy atom. The smallest absolute Gasteiger partial charge is 0.392 e. The number of benzene rings is 1. The lowest BCUT2D eigenvalue weighted by Crippen LogP contribution is -2.29. The number of alkyl halides is 5. The van der Waals surface area contributed by atoms with Crippen LogP contribution in [0.5, 0.6) is 0 Å². The number of aromatic nitrogens is 3. The first-order valence-corrected chi connectivity index (χ1v) is 14.0. The van der Waals surface area contributed by atoms with E-state index in [1.165, 1.54) is 0 Å². The summed E-state index contributed by atoms with van der Waals surface area (Å²) in [6, 6.07) is 5.79. The van der Waals surface area contributed by atoms with E-state index in [2.05, 4.69) is 15.4 Å². The third kappa shape index (κ3) is 5.28. The number of halogens is 6. The fourth-order valence-corrected chi connectivity index (χ4v) is 7.37. The van der Waals surface area contributed by atoms with Crippen molar-refractivity contribution in [2.75, 3.05) is 18.4 Å². The number of thiophene rings is 1. The molecule has 1 aliphatic heterocycles. The van der Waals surface area contributed by atoms with Crippen LogP contribution in [0.3, 0.4) is 0 Å². The number of aliphatic hydroxyl groups is 1. The number of fused-ring (bicyclic) bond motifs is 1. The topological polar surface area (TPSA) is 117 Å². The van der Waals surface area contributed by atoms with Crippen LogP contribution in [0, 0.1) is 0 Å². The van der Waals surface area contributed by atoms with Gasteiger partial charge in [0.2, 0.25) is 0 Å². The van der Waals surface area contributed by atoms with Crippen molar-refractivity contribution in [2.45, 2.75) is 29.3 Å². The first kappa shape index (κ1) is 28.4. The van der Waals surface area contributed by atoms with Gasteiger partial charge in [0, 0.05) is 18.7 Å². The Morgan fingerprint density at radius 1 is 1.20 bits per heavy atom. The molecule has 3 aromatic heterocycles. The molecule has 1 unspecified atom stereocenters. The quantitative estimate of drug-likeness (QED) is 0.290. The van der Waals surface area contributed by atoms with E-state index in [-0.39, 0.29) is 56.2 Å². The number of hydrogen-bond donors (Lipinski definition) is 2. The summed E-state index contributed by atoms with van der Waals surface area (Å²) in [5.41, 5.74) is -2.28. The van der Waals surface area contributed by atoms with Gasteiger partial charge in [-0.25, -0.2) is 26.7 Å². The normalized spacial score (nSPS) is 16.8. The van der Waals surface area contributed by atoms with Crippen LogP contribution in [-0.2, 0) is 16.2 Å². The minimum Gasteiger partial charge on any atom is -0.392 e. The number of nitrogens with zero attached hydrogens (tertiary/aromatic N) is 4. The summed E-state index contributed by atoms with van der Waals surface area (Å²) in [7, 11) is -3.99. The summed E-state index contributed by atoms with van der Waals surface area (Å²) < 4.78 is 93.9. The first-order valence-electron chi connectivity index (χ1n) is 11.4. The lowest BCUT2D eigenvalue weighted by molar-refractivity contribution is -0.137. The average Bonchev–Trinajstić information content (AvgIpc) is 3.62. The Labute approximate surface area is 231 Å². The van der Waals surface area contributed by atoms with E-state index in [9.17, 15) is 40.3 Å². The molecule has 40 heavy (non-hydrogen) atoms. The molecule has 212 valence electrons. The van der Waals surface area contributed by atoms with Gasteiger partial charge in [-0.05, 0) is 30.7 Å². The van der Waals surface area contributed by atoms with Gasteiger partial charge in [0.05, 0.1) is 29.2 Å². The van der Waals surface area contributed by atoms with Crippen molar-refractivity contribution in [3.63, 3.8) is 0 Å². The molecule has 0 bridgehead atoms. The molecular weight excluding hydrogens is 605 g/mol. The molecule has 1 amide bonds. The second-order valence-electron chi connectivity index (χ2n) is 8.75. The number of amides is 1. The summed E-state index contributed by atoms with van der Waals surface area (Å²) in [4.78, 5) is 17.3. The van der Waals surface area contributed by atoms with Gasteiger partial charge in [-0.2, -0.15) is 22.6 Å². The highest BCUT2D eigenvalue weighted by Gasteiger charge is 2.34. The maximum Gasteiger partial charge on any atom is 0.416 e. The zero-order chi connectivity index (χ0) is 29.0. The SMILES string of the molecule is O=C(Nc1cc(S(=O)(=O)N2CCC(O)C2)sc1Cl)c1cnn2c(C(F)F)cc(-c3ccc(C(F)(F)F)cc3)nc12. The minimum atomic E-state index is -4.60. The van der Waals surface area contributed by atoms with Crippen molar-refractivity contribution < 1.29 is 40.3 Å². The van der Waals surface area contributed by atoms with Gasteiger partial charge in [0.15, 0.2) is 5.65 Å². The minimum absolute atomic E-state index is 0.0673. The second-order valence-corrected chi connectivity index (χ2v) is 12.6. The van der Waals surface area contributed by atoms with Crippen LogP contribution in [0.15, 0.2) is 46.8 Å². The number of β-amino-alcohol motifs (C(OH)–C–C–N with tert-alkyl or cyclic N) is 1. The Kier molecular flexibility index (Phi) is 7.33. The van der Waals surface area contributed by atoms with Crippen LogP contribution in [0.2, 0.25) is 4.34 Å². The highest BCUT2D eigenvalue weighted by Crippen LogP contribution is 2.38. The lowest BCUT2D eigenvalue weighted by Gasteiger charge is -2.13. The summed E-state index contributed by atoms with van der Waals surface area (Å²) in [5.74, 6) is -0.896. The number of nitrogens with one attached hydrogen (secondary N) is 1. The van der Waals surface area contributed by atoms with Crippen LogP contribution in [0.25, 0.3) is 16.9 Å². The molecule has 9 nitrogen and oxygen atoms in total.